The van der Waals surface area contributed by atoms with Gasteiger partial charge in [0, 0.05) is 77.5 Å². The predicted molar refractivity (Wildman–Crippen MR) is 142 cm³/mol. The van der Waals surface area contributed by atoms with Crippen LogP contribution in [0.25, 0.3) is 0 Å². The number of rotatable bonds is 4. The Morgan fingerprint density at radius 1 is 0.872 bits per heavy atom. The van der Waals surface area contributed by atoms with Crippen molar-refractivity contribution in [2.24, 2.45) is 23.5 Å². The van der Waals surface area contributed by atoms with Crippen molar-refractivity contribution in [3.05, 3.63) is 94.3 Å². The summed E-state index contributed by atoms with van der Waals surface area (Å²) >= 11 is 0. The first-order chi connectivity index (χ1) is 18.8. The Labute approximate surface area is 226 Å². The van der Waals surface area contributed by atoms with Crippen LogP contribution < -0.4 is 5.73 Å². The molecule has 0 bridgehead atoms. The van der Waals surface area contributed by atoms with Crippen LogP contribution in [0.15, 0.2) is 72.1 Å². The zero-order valence-corrected chi connectivity index (χ0v) is 21.7. The van der Waals surface area contributed by atoms with Crippen LogP contribution in [0.4, 0.5) is 0 Å². The van der Waals surface area contributed by atoms with Gasteiger partial charge in [-0.3, -0.25) is 19.2 Å². The van der Waals surface area contributed by atoms with Crippen molar-refractivity contribution in [3.8, 4) is 0 Å². The zero-order chi connectivity index (χ0) is 26.8. The second-order valence-corrected chi connectivity index (χ2v) is 12.2. The second-order valence-electron chi connectivity index (χ2n) is 12.2. The molecule has 2 heterocycles. The highest BCUT2D eigenvalue weighted by atomic mass is 16.2. The van der Waals surface area contributed by atoms with E-state index in [4.69, 9.17) is 5.73 Å². The van der Waals surface area contributed by atoms with E-state index in [1.54, 1.807) is 22.0 Å². The first kappa shape index (κ1) is 23.1. The summed E-state index contributed by atoms with van der Waals surface area (Å²) in [6, 6.07) is 14.8. The SMILES string of the molecule is C[C@@H]1C2CN(C(=O)CC(N)CC(=O)N3C[C@H]4C[C@@]45C3=CC(=O)c3ccccc35)C3=CC(=O)c4ccccc4C321. The highest BCUT2D eigenvalue weighted by Crippen LogP contribution is 2.70. The zero-order valence-electron chi connectivity index (χ0n) is 21.7. The Balaban J connectivity index is 0.985. The molecule has 6 atom stereocenters. The van der Waals surface area contributed by atoms with Crippen LogP contribution in [-0.2, 0) is 20.4 Å². The van der Waals surface area contributed by atoms with Crippen LogP contribution in [-0.4, -0.2) is 52.3 Å². The van der Waals surface area contributed by atoms with Crippen LogP contribution in [0.1, 0.15) is 58.0 Å². The minimum absolute atomic E-state index is 0.0271. The summed E-state index contributed by atoms with van der Waals surface area (Å²) in [4.78, 5) is 56.1. The lowest BCUT2D eigenvalue weighted by molar-refractivity contribution is -0.131. The Kier molecular flexibility index (Phi) is 4.39. The lowest BCUT2D eigenvalue weighted by Gasteiger charge is -2.32. The number of fused-ring (bicyclic) bond motifs is 2. The molecule has 3 unspecified atom stereocenters. The number of allylic oxidation sites excluding steroid dienone is 4. The van der Waals surface area contributed by atoms with Gasteiger partial charge in [-0.1, -0.05) is 55.5 Å². The van der Waals surface area contributed by atoms with E-state index in [0.717, 1.165) is 40.1 Å². The lowest BCUT2D eigenvalue weighted by Crippen LogP contribution is -2.41. The van der Waals surface area contributed by atoms with Crippen LogP contribution in [0.5, 0.6) is 0 Å². The van der Waals surface area contributed by atoms with Crippen molar-refractivity contribution < 1.29 is 19.2 Å². The van der Waals surface area contributed by atoms with E-state index >= 15 is 0 Å². The smallest absolute Gasteiger partial charge is 0.228 e. The first-order valence-electron chi connectivity index (χ1n) is 13.9. The van der Waals surface area contributed by atoms with Gasteiger partial charge in [-0.2, -0.15) is 0 Å². The molecule has 0 aromatic heterocycles. The quantitative estimate of drug-likeness (QED) is 0.669. The molecule has 2 aliphatic heterocycles. The molecule has 7 nitrogen and oxygen atoms in total. The molecular formula is C32H29N3O4. The Hall–Kier alpha value is -3.84. The number of benzene rings is 2. The predicted octanol–water partition coefficient (Wildman–Crippen LogP) is 3.10. The van der Waals surface area contributed by atoms with Gasteiger partial charge in [0.15, 0.2) is 11.6 Å². The van der Waals surface area contributed by atoms with Crippen molar-refractivity contribution >= 4 is 23.4 Å². The third-order valence-corrected chi connectivity index (χ3v) is 10.5. The summed E-state index contributed by atoms with van der Waals surface area (Å²) < 4.78 is 0. The molecule has 39 heavy (non-hydrogen) atoms. The van der Waals surface area contributed by atoms with Gasteiger partial charge in [-0.25, -0.2) is 0 Å². The van der Waals surface area contributed by atoms with Crippen molar-refractivity contribution in [1.29, 1.82) is 0 Å². The van der Waals surface area contributed by atoms with E-state index in [2.05, 4.69) is 6.92 Å². The molecular weight excluding hydrogens is 490 g/mol. The number of nitrogens with zero attached hydrogens (tertiary/aromatic N) is 2. The maximum absolute atomic E-state index is 13.5. The average Bonchev–Trinajstić information content (AvgIpc) is 3.67. The van der Waals surface area contributed by atoms with Crippen LogP contribution in [0.3, 0.4) is 0 Å². The van der Waals surface area contributed by atoms with E-state index in [9.17, 15) is 19.2 Å². The van der Waals surface area contributed by atoms with Gasteiger partial charge in [0.2, 0.25) is 11.8 Å². The van der Waals surface area contributed by atoms with E-state index < -0.39 is 6.04 Å². The third kappa shape index (κ3) is 2.76. The molecule has 6 aliphatic rings. The van der Waals surface area contributed by atoms with Gasteiger partial charge in [0.1, 0.15) is 0 Å². The summed E-state index contributed by atoms with van der Waals surface area (Å²) in [5, 5.41) is 0. The lowest BCUT2D eigenvalue weighted by atomic mass is 9.80. The highest BCUT2D eigenvalue weighted by molar-refractivity contribution is 6.10. The standard InChI is InChI=1S/C32H29N3O4/c1-17-24-16-35(28-13-26(37)21-7-3-5-9-23(21)32(17,24)28)30(39)11-19(33)10-29(38)34-15-18-14-31(18)22-8-4-2-6-20(22)25(36)12-27(31)34/h2-9,12-13,17-19,24H,10-11,14-16,33H2,1H3/t17-,18-,19?,24?,31-,32?/m1/s1. The number of piperidine rings is 2. The van der Waals surface area contributed by atoms with Crippen LogP contribution >= 0.6 is 0 Å². The van der Waals surface area contributed by atoms with E-state index in [1.165, 1.54) is 0 Å². The number of hydrogen-bond donors (Lipinski definition) is 1. The van der Waals surface area contributed by atoms with Gasteiger partial charge in [-0.05, 0) is 35.3 Å². The Morgan fingerprint density at radius 3 is 2.13 bits per heavy atom. The monoisotopic (exact) mass is 519 g/mol. The number of carbonyl (C=O) groups is 4. The molecule has 4 fully saturated rings. The number of amides is 2. The Morgan fingerprint density at radius 2 is 1.44 bits per heavy atom. The fourth-order valence-corrected chi connectivity index (χ4v) is 8.53. The molecule has 8 rings (SSSR count). The van der Waals surface area contributed by atoms with E-state index in [-0.39, 0.29) is 53.0 Å². The number of carbonyl (C=O) groups excluding carboxylic acids is 4. The van der Waals surface area contributed by atoms with Gasteiger partial charge < -0.3 is 15.5 Å². The molecule has 2 N–H and O–H groups in total. The Bertz CT molecular complexity index is 1610. The molecule has 7 heteroatoms. The van der Waals surface area contributed by atoms with Crippen molar-refractivity contribution in [3.63, 3.8) is 0 Å². The molecule has 196 valence electrons. The minimum Gasteiger partial charge on any atom is -0.327 e. The summed E-state index contributed by atoms with van der Waals surface area (Å²) in [6.45, 7) is 3.34. The summed E-state index contributed by atoms with van der Waals surface area (Å²) in [5.41, 5.74) is 11.0. The molecule has 2 spiro atoms. The molecule has 4 aliphatic carbocycles. The molecule has 2 saturated heterocycles. The normalized spacial score (nSPS) is 33.1. The summed E-state index contributed by atoms with van der Waals surface area (Å²) in [5.74, 6) is 0.539. The fourth-order valence-electron chi connectivity index (χ4n) is 8.53. The molecule has 0 radical (unpaired) electrons. The number of ketones is 2. The number of likely N-dealkylation sites (tertiary alicyclic amines) is 2. The summed E-state index contributed by atoms with van der Waals surface area (Å²) in [7, 11) is 0. The van der Waals surface area contributed by atoms with Gasteiger partial charge in [-0.15, -0.1) is 0 Å². The second kappa shape index (κ2) is 7.42. The third-order valence-electron chi connectivity index (χ3n) is 10.5. The van der Waals surface area contributed by atoms with Crippen LogP contribution in [0.2, 0.25) is 0 Å². The largest absolute Gasteiger partial charge is 0.327 e. The molecule has 2 saturated carbocycles. The number of hydrogen-bond acceptors (Lipinski definition) is 5. The minimum atomic E-state index is -0.650. The number of nitrogens with two attached hydrogens (primary N) is 1. The highest BCUT2D eigenvalue weighted by Gasteiger charge is 2.72. The summed E-state index contributed by atoms with van der Waals surface area (Å²) in [6.07, 6.45) is 4.28. The molecule has 2 aromatic carbocycles. The molecule has 2 aromatic rings. The van der Waals surface area contributed by atoms with Crippen molar-refractivity contribution in [1.82, 2.24) is 9.80 Å². The first-order valence-corrected chi connectivity index (χ1v) is 13.9. The fraction of sp³-hybridized carbons (Fsp3) is 0.375. The van der Waals surface area contributed by atoms with Gasteiger partial charge in [0.25, 0.3) is 0 Å². The maximum atomic E-state index is 13.5. The topological polar surface area (TPSA) is 101 Å². The van der Waals surface area contributed by atoms with Crippen LogP contribution in [0, 0.1) is 17.8 Å². The van der Waals surface area contributed by atoms with E-state index in [1.807, 2.05) is 48.5 Å². The average molecular weight is 520 g/mol. The maximum Gasteiger partial charge on any atom is 0.228 e. The molecule has 2 amide bonds. The van der Waals surface area contributed by atoms with Gasteiger partial charge in [0.05, 0.1) is 0 Å². The van der Waals surface area contributed by atoms with Crippen molar-refractivity contribution in [2.45, 2.75) is 43.1 Å². The van der Waals surface area contributed by atoms with Gasteiger partial charge >= 0.3 is 0 Å². The van der Waals surface area contributed by atoms with E-state index in [0.29, 0.717) is 24.9 Å². The van der Waals surface area contributed by atoms with Crippen molar-refractivity contribution in [2.75, 3.05) is 13.1 Å².